The number of hydrogen-bond donors (Lipinski definition) is 2. The lowest BCUT2D eigenvalue weighted by Gasteiger charge is -2.32. The number of methoxy groups -OCH3 is 1. The van der Waals surface area contributed by atoms with Gasteiger partial charge in [-0.1, -0.05) is 6.07 Å². The van der Waals surface area contributed by atoms with Crippen LogP contribution >= 0.6 is 0 Å². The van der Waals surface area contributed by atoms with E-state index in [9.17, 15) is 18.0 Å². The SMILES string of the molecule is COc1ccc(NS(=O)(=O)c2ccc(C)c(C(=O)N3CCC(CNC(C)=O)CC3)c2)cc1. The summed E-state index contributed by atoms with van der Waals surface area (Å²) in [7, 11) is -2.33. The Morgan fingerprint density at radius 1 is 1.09 bits per heavy atom. The minimum Gasteiger partial charge on any atom is -0.497 e. The molecule has 1 heterocycles. The molecule has 0 aromatic heterocycles. The van der Waals surface area contributed by atoms with Crippen molar-refractivity contribution in [3.63, 3.8) is 0 Å². The second-order valence-electron chi connectivity index (χ2n) is 7.98. The number of nitrogens with one attached hydrogen (secondary N) is 2. The molecule has 2 aromatic rings. The molecule has 1 fully saturated rings. The first kappa shape index (κ1) is 23.6. The summed E-state index contributed by atoms with van der Waals surface area (Å²) in [6.07, 6.45) is 1.59. The number of sulfonamides is 1. The summed E-state index contributed by atoms with van der Waals surface area (Å²) in [6.45, 7) is 5.05. The third-order valence-electron chi connectivity index (χ3n) is 5.63. The van der Waals surface area contributed by atoms with Crippen LogP contribution in [0.5, 0.6) is 5.75 Å². The molecule has 0 atom stereocenters. The highest BCUT2D eigenvalue weighted by atomic mass is 32.2. The Labute approximate surface area is 189 Å². The molecular weight excluding hydrogens is 430 g/mol. The summed E-state index contributed by atoms with van der Waals surface area (Å²) in [5, 5.41) is 2.83. The minimum atomic E-state index is -3.86. The van der Waals surface area contributed by atoms with Crippen LogP contribution in [0.4, 0.5) is 5.69 Å². The van der Waals surface area contributed by atoms with E-state index in [0.717, 1.165) is 18.4 Å². The fourth-order valence-corrected chi connectivity index (χ4v) is 4.75. The summed E-state index contributed by atoms with van der Waals surface area (Å²) in [6, 6.07) is 11.1. The number of carbonyl (C=O) groups excluding carboxylic acids is 2. The van der Waals surface area contributed by atoms with Crippen molar-refractivity contribution in [1.82, 2.24) is 10.2 Å². The number of rotatable bonds is 7. The van der Waals surface area contributed by atoms with Gasteiger partial charge in [-0.05, 0) is 67.6 Å². The molecule has 172 valence electrons. The van der Waals surface area contributed by atoms with Crippen molar-refractivity contribution in [2.75, 3.05) is 31.5 Å². The van der Waals surface area contributed by atoms with Crippen LogP contribution in [0.15, 0.2) is 47.4 Å². The van der Waals surface area contributed by atoms with Crippen LogP contribution in [-0.2, 0) is 14.8 Å². The maximum Gasteiger partial charge on any atom is 0.261 e. The highest BCUT2D eigenvalue weighted by molar-refractivity contribution is 7.92. The quantitative estimate of drug-likeness (QED) is 0.663. The van der Waals surface area contributed by atoms with Crippen LogP contribution in [0, 0.1) is 12.8 Å². The average molecular weight is 460 g/mol. The molecule has 0 aliphatic carbocycles. The van der Waals surface area contributed by atoms with Gasteiger partial charge in [-0.3, -0.25) is 14.3 Å². The van der Waals surface area contributed by atoms with Crippen molar-refractivity contribution in [2.24, 2.45) is 5.92 Å². The lowest BCUT2D eigenvalue weighted by molar-refractivity contribution is -0.119. The number of carbonyl (C=O) groups is 2. The number of ether oxygens (including phenoxy) is 1. The average Bonchev–Trinajstić information content (AvgIpc) is 2.78. The third kappa shape index (κ3) is 5.79. The first-order valence-electron chi connectivity index (χ1n) is 10.5. The van der Waals surface area contributed by atoms with Gasteiger partial charge in [0.15, 0.2) is 0 Å². The summed E-state index contributed by atoms with van der Waals surface area (Å²) in [5.41, 5.74) is 1.50. The number of nitrogens with zero attached hydrogens (tertiary/aromatic N) is 1. The Hall–Kier alpha value is -3.07. The van der Waals surface area contributed by atoms with Crippen LogP contribution < -0.4 is 14.8 Å². The van der Waals surface area contributed by atoms with Gasteiger partial charge >= 0.3 is 0 Å². The fourth-order valence-electron chi connectivity index (χ4n) is 3.67. The van der Waals surface area contributed by atoms with E-state index in [0.29, 0.717) is 42.6 Å². The molecule has 1 saturated heterocycles. The molecule has 0 radical (unpaired) electrons. The Balaban J connectivity index is 1.72. The van der Waals surface area contributed by atoms with Crippen LogP contribution in [0.1, 0.15) is 35.7 Å². The zero-order chi connectivity index (χ0) is 23.3. The summed E-state index contributed by atoms with van der Waals surface area (Å²) in [4.78, 5) is 26.0. The Morgan fingerprint density at radius 2 is 1.75 bits per heavy atom. The topological polar surface area (TPSA) is 105 Å². The van der Waals surface area contributed by atoms with Crippen molar-refractivity contribution in [1.29, 1.82) is 0 Å². The molecular formula is C23H29N3O5S. The molecule has 0 spiro atoms. The smallest absolute Gasteiger partial charge is 0.261 e. The van der Waals surface area contributed by atoms with Gasteiger partial charge in [-0.15, -0.1) is 0 Å². The Morgan fingerprint density at radius 3 is 2.34 bits per heavy atom. The third-order valence-corrected chi connectivity index (χ3v) is 7.01. The Bertz CT molecular complexity index is 1080. The van der Waals surface area contributed by atoms with Gasteiger partial charge in [-0.25, -0.2) is 8.42 Å². The standard InChI is InChI=1S/C23H29N3O5S/c1-16-4-9-21(32(29,30)25-19-5-7-20(31-3)8-6-19)14-22(16)23(28)26-12-10-18(11-13-26)15-24-17(2)27/h4-9,14,18,25H,10-13,15H2,1-3H3,(H,24,27). The van der Waals surface area contributed by atoms with Crippen LogP contribution in [-0.4, -0.2) is 51.9 Å². The summed E-state index contributed by atoms with van der Waals surface area (Å²) >= 11 is 0. The van der Waals surface area contributed by atoms with E-state index >= 15 is 0 Å². The highest BCUT2D eigenvalue weighted by Crippen LogP contribution is 2.24. The minimum absolute atomic E-state index is 0.0304. The number of likely N-dealkylation sites (tertiary alicyclic amines) is 1. The molecule has 0 saturated carbocycles. The van der Waals surface area contributed by atoms with Gasteiger partial charge in [-0.2, -0.15) is 0 Å². The summed E-state index contributed by atoms with van der Waals surface area (Å²) < 4.78 is 33.4. The number of piperidine rings is 1. The second kappa shape index (κ2) is 10.0. The predicted octanol–water partition coefficient (Wildman–Crippen LogP) is 2.79. The van der Waals surface area contributed by atoms with Gasteiger partial charge < -0.3 is 15.0 Å². The molecule has 2 amide bonds. The first-order chi connectivity index (χ1) is 15.2. The number of anilines is 1. The second-order valence-corrected chi connectivity index (χ2v) is 9.67. The molecule has 1 aliphatic rings. The fraction of sp³-hybridized carbons (Fsp3) is 0.391. The van der Waals surface area contributed by atoms with E-state index in [4.69, 9.17) is 4.74 Å². The molecule has 1 aliphatic heterocycles. The first-order valence-corrected chi connectivity index (χ1v) is 12.0. The zero-order valence-electron chi connectivity index (χ0n) is 18.6. The van der Waals surface area contributed by atoms with Crippen LogP contribution in [0.3, 0.4) is 0 Å². The molecule has 2 N–H and O–H groups in total. The lowest BCUT2D eigenvalue weighted by Crippen LogP contribution is -2.41. The molecule has 3 rings (SSSR count). The lowest BCUT2D eigenvalue weighted by atomic mass is 9.96. The largest absolute Gasteiger partial charge is 0.497 e. The van der Waals surface area contributed by atoms with Crippen molar-refractivity contribution in [3.05, 3.63) is 53.6 Å². The zero-order valence-corrected chi connectivity index (χ0v) is 19.4. The molecule has 9 heteroatoms. The predicted molar refractivity (Wildman–Crippen MR) is 122 cm³/mol. The van der Waals surface area contributed by atoms with Crippen LogP contribution in [0.25, 0.3) is 0 Å². The van der Waals surface area contributed by atoms with E-state index in [2.05, 4.69) is 10.0 Å². The van der Waals surface area contributed by atoms with Crippen molar-refractivity contribution < 1.29 is 22.7 Å². The molecule has 8 nitrogen and oxygen atoms in total. The van der Waals surface area contributed by atoms with E-state index in [1.807, 2.05) is 0 Å². The maximum atomic E-state index is 13.1. The van der Waals surface area contributed by atoms with E-state index in [1.54, 1.807) is 42.2 Å². The van der Waals surface area contributed by atoms with Crippen LogP contribution in [0.2, 0.25) is 0 Å². The molecule has 32 heavy (non-hydrogen) atoms. The van der Waals surface area contributed by atoms with Crippen molar-refractivity contribution in [2.45, 2.75) is 31.6 Å². The number of amides is 2. The van der Waals surface area contributed by atoms with Gasteiger partial charge in [0.1, 0.15) is 5.75 Å². The van der Waals surface area contributed by atoms with E-state index < -0.39 is 10.0 Å². The molecule has 2 aromatic carbocycles. The number of benzene rings is 2. The number of aryl methyl sites for hydroxylation is 1. The summed E-state index contributed by atoms with van der Waals surface area (Å²) in [5.74, 6) is 0.726. The highest BCUT2D eigenvalue weighted by Gasteiger charge is 2.26. The monoisotopic (exact) mass is 459 g/mol. The van der Waals surface area contributed by atoms with E-state index in [-0.39, 0.29) is 16.7 Å². The van der Waals surface area contributed by atoms with E-state index in [1.165, 1.54) is 26.2 Å². The van der Waals surface area contributed by atoms with Crippen molar-refractivity contribution in [3.8, 4) is 5.75 Å². The molecule has 0 unspecified atom stereocenters. The van der Waals surface area contributed by atoms with Gasteiger partial charge in [0.2, 0.25) is 5.91 Å². The van der Waals surface area contributed by atoms with Gasteiger partial charge in [0.25, 0.3) is 15.9 Å². The molecule has 0 bridgehead atoms. The van der Waals surface area contributed by atoms with Crippen molar-refractivity contribution >= 4 is 27.5 Å². The maximum absolute atomic E-state index is 13.1. The van der Waals surface area contributed by atoms with Gasteiger partial charge in [0.05, 0.1) is 12.0 Å². The van der Waals surface area contributed by atoms with Gasteiger partial charge in [0, 0.05) is 37.8 Å². The number of hydrogen-bond acceptors (Lipinski definition) is 5. The Kier molecular flexibility index (Phi) is 7.40. The normalized spacial score (nSPS) is 14.7.